The Morgan fingerprint density at radius 1 is 1.17 bits per heavy atom. The molecule has 2 rings (SSSR count). The van der Waals surface area contributed by atoms with Gasteiger partial charge in [-0.1, -0.05) is 46.4 Å². The van der Waals surface area contributed by atoms with E-state index in [0.717, 1.165) is 0 Å². The normalized spacial score (nSPS) is 10.4. The molecular weight excluding hydrogens is 322 g/mol. The van der Waals surface area contributed by atoms with Crippen LogP contribution >= 0.6 is 46.4 Å². The lowest BCUT2D eigenvalue weighted by atomic mass is 10.4. The van der Waals surface area contributed by atoms with Gasteiger partial charge >= 0.3 is 0 Å². The summed E-state index contributed by atoms with van der Waals surface area (Å²) in [5.74, 6) is -0.512. The van der Waals surface area contributed by atoms with Crippen molar-refractivity contribution in [3.63, 3.8) is 0 Å². The minimum absolute atomic E-state index is 0.0344. The summed E-state index contributed by atoms with van der Waals surface area (Å²) in [6.07, 6.45) is 1.18. The molecule has 2 aromatic heterocycles. The van der Waals surface area contributed by atoms with Crippen molar-refractivity contribution in [2.45, 2.75) is 0 Å². The Bertz CT molecular complexity index is 573. The number of carbonyl (C=O) groups is 1. The Balaban J connectivity index is 2.27. The number of H-pyrrole nitrogens is 1. The Hall–Kier alpha value is -1.01. The Labute approximate surface area is 121 Å². The molecule has 0 saturated heterocycles. The van der Waals surface area contributed by atoms with Gasteiger partial charge in [-0.3, -0.25) is 4.79 Å². The van der Waals surface area contributed by atoms with Crippen molar-refractivity contribution in [1.82, 2.24) is 15.0 Å². The molecule has 0 atom stereocenters. The molecule has 9 heteroatoms. The van der Waals surface area contributed by atoms with Crippen molar-refractivity contribution < 1.29 is 4.79 Å². The van der Waals surface area contributed by atoms with Gasteiger partial charge in [-0.15, -0.1) is 0 Å². The van der Waals surface area contributed by atoms with Crippen LogP contribution in [0.5, 0.6) is 0 Å². The van der Waals surface area contributed by atoms with E-state index in [0.29, 0.717) is 0 Å². The lowest BCUT2D eigenvalue weighted by molar-refractivity contribution is 0.102. The molecule has 1 amide bonds. The number of hydrogen-bond donors (Lipinski definition) is 2. The van der Waals surface area contributed by atoms with Crippen LogP contribution in [0, 0.1) is 0 Å². The first-order valence-electron chi connectivity index (χ1n) is 4.50. The van der Waals surface area contributed by atoms with Crippen molar-refractivity contribution >= 4 is 58.0 Å². The fourth-order valence-corrected chi connectivity index (χ4v) is 1.88. The summed E-state index contributed by atoms with van der Waals surface area (Å²) in [6, 6.07) is 1.38. The third-order valence-electron chi connectivity index (χ3n) is 1.96. The van der Waals surface area contributed by atoms with E-state index in [4.69, 9.17) is 46.4 Å². The van der Waals surface area contributed by atoms with Crippen LogP contribution < -0.4 is 5.32 Å². The maximum Gasteiger partial charge on any atom is 0.272 e. The highest BCUT2D eigenvalue weighted by atomic mass is 35.5. The number of aromatic amines is 1. The molecule has 2 N–H and O–H groups in total. The van der Waals surface area contributed by atoms with Gasteiger partial charge in [-0.25, -0.2) is 9.97 Å². The predicted octanol–water partition coefficient (Wildman–Crippen LogP) is 3.67. The van der Waals surface area contributed by atoms with Crippen molar-refractivity contribution in [3.8, 4) is 0 Å². The smallest absolute Gasteiger partial charge is 0.272 e. The van der Waals surface area contributed by atoms with Gasteiger partial charge < -0.3 is 10.3 Å². The highest BCUT2D eigenvalue weighted by molar-refractivity contribution is 6.42. The SMILES string of the molecule is O=C(Nc1c(Cl)ncnc1Cl)c1cc(Cl)c(Cl)[nH]1. The molecule has 0 fully saturated rings. The van der Waals surface area contributed by atoms with Gasteiger partial charge in [0, 0.05) is 0 Å². The van der Waals surface area contributed by atoms with E-state index < -0.39 is 5.91 Å². The number of nitrogens with zero attached hydrogens (tertiary/aromatic N) is 2. The lowest BCUT2D eigenvalue weighted by Crippen LogP contribution is -2.13. The van der Waals surface area contributed by atoms with Crippen LogP contribution in [0.4, 0.5) is 5.69 Å². The fraction of sp³-hybridized carbons (Fsp3) is 0. The molecule has 94 valence electrons. The molecule has 2 heterocycles. The van der Waals surface area contributed by atoms with E-state index >= 15 is 0 Å². The molecule has 0 radical (unpaired) electrons. The second kappa shape index (κ2) is 5.32. The Morgan fingerprint density at radius 2 is 1.78 bits per heavy atom. The minimum Gasteiger partial charge on any atom is -0.340 e. The van der Waals surface area contributed by atoms with Crippen LogP contribution in [0.25, 0.3) is 0 Å². The largest absolute Gasteiger partial charge is 0.340 e. The van der Waals surface area contributed by atoms with Crippen LogP contribution in [0.1, 0.15) is 10.5 Å². The van der Waals surface area contributed by atoms with E-state index in [-0.39, 0.29) is 31.9 Å². The molecule has 0 unspecified atom stereocenters. The van der Waals surface area contributed by atoms with Crippen molar-refractivity contribution in [3.05, 3.63) is 38.6 Å². The molecule has 0 bridgehead atoms. The monoisotopic (exact) mass is 324 g/mol. The topological polar surface area (TPSA) is 70.7 Å². The third-order valence-corrected chi connectivity index (χ3v) is 3.23. The van der Waals surface area contributed by atoms with E-state index in [9.17, 15) is 4.79 Å². The second-order valence-electron chi connectivity index (χ2n) is 3.13. The lowest BCUT2D eigenvalue weighted by Gasteiger charge is -2.06. The zero-order valence-electron chi connectivity index (χ0n) is 8.47. The number of halogens is 4. The average molecular weight is 326 g/mol. The summed E-state index contributed by atoms with van der Waals surface area (Å²) in [7, 11) is 0. The first kappa shape index (κ1) is 13.4. The van der Waals surface area contributed by atoms with E-state index in [1.807, 2.05) is 0 Å². The number of rotatable bonds is 2. The second-order valence-corrected chi connectivity index (χ2v) is 4.63. The fourth-order valence-electron chi connectivity index (χ4n) is 1.15. The van der Waals surface area contributed by atoms with Gasteiger partial charge in [0.05, 0.1) is 5.02 Å². The van der Waals surface area contributed by atoms with Crippen LogP contribution in [0.3, 0.4) is 0 Å². The maximum atomic E-state index is 11.9. The van der Waals surface area contributed by atoms with E-state index in [2.05, 4.69) is 20.3 Å². The standard InChI is InChI=1S/C9H4Cl4N4O/c10-3-1-4(16-6(3)11)9(18)17-5-7(12)14-2-15-8(5)13/h1-2,16H,(H,17,18). The quantitative estimate of drug-likeness (QED) is 0.827. The van der Waals surface area contributed by atoms with Gasteiger partial charge in [0.25, 0.3) is 5.91 Å². The number of nitrogens with one attached hydrogen (secondary N) is 2. The van der Waals surface area contributed by atoms with E-state index in [1.54, 1.807) is 0 Å². The van der Waals surface area contributed by atoms with Crippen LogP contribution in [0.2, 0.25) is 20.5 Å². The molecular formula is C9H4Cl4N4O. The zero-order valence-corrected chi connectivity index (χ0v) is 11.5. The molecule has 0 saturated carbocycles. The summed E-state index contributed by atoms with van der Waals surface area (Å²) in [6.45, 7) is 0. The maximum absolute atomic E-state index is 11.9. The Morgan fingerprint density at radius 3 is 2.28 bits per heavy atom. The molecule has 0 spiro atoms. The number of hydrogen-bond acceptors (Lipinski definition) is 3. The van der Waals surface area contributed by atoms with E-state index in [1.165, 1.54) is 12.4 Å². The summed E-state index contributed by atoms with van der Waals surface area (Å²) in [5.41, 5.74) is 0.286. The molecule has 18 heavy (non-hydrogen) atoms. The first-order chi connectivity index (χ1) is 8.49. The molecule has 0 aliphatic rings. The zero-order chi connectivity index (χ0) is 13.3. The van der Waals surface area contributed by atoms with Crippen LogP contribution in [-0.2, 0) is 0 Å². The molecule has 0 aliphatic carbocycles. The van der Waals surface area contributed by atoms with Crippen molar-refractivity contribution in [2.24, 2.45) is 0 Å². The number of amides is 1. The minimum atomic E-state index is -0.512. The summed E-state index contributed by atoms with van der Waals surface area (Å²) in [5, 5.41) is 2.94. The molecule has 5 nitrogen and oxygen atoms in total. The summed E-state index contributed by atoms with van der Waals surface area (Å²) < 4.78 is 0. The number of aromatic nitrogens is 3. The van der Waals surface area contributed by atoms with Gasteiger partial charge in [0.15, 0.2) is 10.3 Å². The highest BCUT2D eigenvalue weighted by Crippen LogP contribution is 2.27. The predicted molar refractivity (Wildman–Crippen MR) is 70.8 cm³/mol. The van der Waals surface area contributed by atoms with Gasteiger partial charge in [0.1, 0.15) is 22.9 Å². The average Bonchev–Trinajstić information content (AvgIpc) is 2.64. The highest BCUT2D eigenvalue weighted by Gasteiger charge is 2.16. The van der Waals surface area contributed by atoms with Gasteiger partial charge in [-0.05, 0) is 6.07 Å². The Kier molecular flexibility index (Phi) is 3.97. The van der Waals surface area contributed by atoms with Crippen molar-refractivity contribution in [2.75, 3.05) is 5.32 Å². The summed E-state index contributed by atoms with van der Waals surface area (Å²) >= 11 is 23.0. The molecule has 2 aromatic rings. The van der Waals surface area contributed by atoms with Gasteiger partial charge in [0.2, 0.25) is 0 Å². The first-order valence-corrected chi connectivity index (χ1v) is 6.01. The number of anilines is 1. The third kappa shape index (κ3) is 2.70. The van der Waals surface area contributed by atoms with Crippen molar-refractivity contribution in [1.29, 1.82) is 0 Å². The van der Waals surface area contributed by atoms with Crippen LogP contribution in [-0.4, -0.2) is 20.9 Å². The summed E-state index contributed by atoms with van der Waals surface area (Å²) in [4.78, 5) is 21.9. The number of carbonyl (C=O) groups excluding carboxylic acids is 1. The van der Waals surface area contributed by atoms with Crippen LogP contribution in [0.15, 0.2) is 12.4 Å². The van der Waals surface area contributed by atoms with Gasteiger partial charge in [-0.2, -0.15) is 0 Å². The molecule has 0 aromatic carbocycles. The molecule has 0 aliphatic heterocycles.